The Hall–Kier alpha value is -1.83. The van der Waals surface area contributed by atoms with E-state index < -0.39 is 0 Å². The highest BCUT2D eigenvalue weighted by Crippen LogP contribution is 2.36. The van der Waals surface area contributed by atoms with Crippen molar-refractivity contribution in [1.82, 2.24) is 0 Å². The molecule has 0 saturated carbocycles. The van der Waals surface area contributed by atoms with Gasteiger partial charge in [0.2, 0.25) is 0 Å². The van der Waals surface area contributed by atoms with Crippen LogP contribution < -0.4 is 21.2 Å². The quantitative estimate of drug-likeness (QED) is 0.154. The van der Waals surface area contributed by atoms with Crippen LogP contribution in [0.4, 0.5) is 0 Å². The summed E-state index contributed by atoms with van der Waals surface area (Å²) in [6, 6.07) is 44.5. The summed E-state index contributed by atoms with van der Waals surface area (Å²) < 4.78 is 0. The van der Waals surface area contributed by atoms with E-state index in [0.29, 0.717) is 0 Å². The third kappa shape index (κ3) is 7.59. The zero-order valence-electron chi connectivity index (χ0n) is 19.2. The highest BCUT2D eigenvalue weighted by molar-refractivity contribution is 7.73. The van der Waals surface area contributed by atoms with Crippen molar-refractivity contribution in [3.63, 3.8) is 0 Å². The molecule has 0 aliphatic rings. The van der Waals surface area contributed by atoms with Crippen molar-refractivity contribution in [2.45, 2.75) is 12.8 Å². The van der Waals surface area contributed by atoms with Gasteiger partial charge in [0, 0.05) is 0 Å². The molecule has 0 aromatic heterocycles. The van der Waals surface area contributed by atoms with Gasteiger partial charge in [0.15, 0.2) is 0 Å². The van der Waals surface area contributed by atoms with E-state index in [4.69, 9.17) is 0 Å². The minimum Gasteiger partial charge on any atom is -0.122 e. The largest absolute Gasteiger partial charge is 0.122 e. The van der Waals surface area contributed by atoms with E-state index in [1.54, 1.807) is 0 Å². The molecule has 4 rings (SSSR count). The topological polar surface area (TPSA) is 0 Å². The van der Waals surface area contributed by atoms with Gasteiger partial charge in [-0.05, 0) is 74.6 Å². The molecule has 0 aliphatic carbocycles. The van der Waals surface area contributed by atoms with Crippen LogP contribution in [-0.2, 0) is 0 Å². The van der Waals surface area contributed by atoms with E-state index in [2.05, 4.69) is 121 Å². The molecule has 0 bridgehead atoms. The van der Waals surface area contributed by atoms with E-state index in [0.717, 1.165) is 8.58 Å². The highest BCUT2D eigenvalue weighted by Gasteiger charge is 2.14. The van der Waals surface area contributed by atoms with Crippen LogP contribution in [0, 0.1) is 0 Å². The standard InChI is InChI=1S/C30H33P3/c1-5-15-27(16-6-1)32(28-17-7-2-8-18-28)25-13-23-31-24-14-26-33(29-19-9-3-10-20-29)30-21-11-4-12-22-30/h1-12,15-22,31H,13-14,23-26H2. The molecule has 4 aromatic rings. The van der Waals surface area contributed by atoms with Crippen molar-refractivity contribution in [3.8, 4) is 0 Å². The van der Waals surface area contributed by atoms with Gasteiger partial charge in [-0.15, -0.1) is 8.58 Å². The summed E-state index contributed by atoms with van der Waals surface area (Å²) in [5, 5.41) is 6.05. The molecule has 0 spiro atoms. The molecule has 0 saturated heterocycles. The summed E-state index contributed by atoms with van der Waals surface area (Å²) in [6.45, 7) is 0. The summed E-state index contributed by atoms with van der Waals surface area (Å²) in [5.74, 6) is 0. The summed E-state index contributed by atoms with van der Waals surface area (Å²) >= 11 is 0. The normalized spacial score (nSPS) is 11.2. The van der Waals surface area contributed by atoms with Gasteiger partial charge in [-0.1, -0.05) is 121 Å². The average Bonchev–Trinajstić information content (AvgIpc) is 2.90. The lowest BCUT2D eigenvalue weighted by molar-refractivity contribution is 1.08. The maximum absolute atomic E-state index is 2.32. The molecule has 33 heavy (non-hydrogen) atoms. The van der Waals surface area contributed by atoms with E-state index in [9.17, 15) is 0 Å². The monoisotopic (exact) mass is 486 g/mol. The number of benzene rings is 4. The van der Waals surface area contributed by atoms with E-state index in [1.165, 1.54) is 58.7 Å². The van der Waals surface area contributed by atoms with Gasteiger partial charge in [-0.3, -0.25) is 0 Å². The van der Waals surface area contributed by atoms with Crippen molar-refractivity contribution in [2.24, 2.45) is 0 Å². The first-order valence-electron chi connectivity index (χ1n) is 11.9. The SMILES string of the molecule is c1ccc(P(CCCPCCCP(c2ccccc2)c2ccccc2)c2ccccc2)cc1. The van der Waals surface area contributed by atoms with Gasteiger partial charge in [0.1, 0.15) is 0 Å². The van der Waals surface area contributed by atoms with Crippen molar-refractivity contribution in [1.29, 1.82) is 0 Å². The third-order valence-corrected chi connectivity index (χ3v) is 12.4. The second kappa shape index (κ2) is 13.8. The molecule has 3 heteroatoms. The predicted octanol–water partition coefficient (Wildman–Crippen LogP) is 6.71. The predicted molar refractivity (Wildman–Crippen MR) is 155 cm³/mol. The molecule has 168 valence electrons. The van der Waals surface area contributed by atoms with Crippen LogP contribution in [0.25, 0.3) is 0 Å². The fourth-order valence-corrected chi connectivity index (χ4v) is 10.5. The van der Waals surface area contributed by atoms with Crippen molar-refractivity contribution >= 4 is 45.6 Å². The van der Waals surface area contributed by atoms with Gasteiger partial charge < -0.3 is 0 Å². The molecule has 4 aromatic carbocycles. The molecular weight excluding hydrogens is 453 g/mol. The molecule has 0 amide bonds. The molecule has 0 aliphatic heterocycles. The fourth-order valence-electron chi connectivity index (χ4n) is 4.10. The molecule has 0 N–H and O–H groups in total. The molecule has 0 fully saturated rings. The average molecular weight is 487 g/mol. The van der Waals surface area contributed by atoms with Crippen LogP contribution in [0.3, 0.4) is 0 Å². The third-order valence-electron chi connectivity index (χ3n) is 5.74. The van der Waals surface area contributed by atoms with Crippen LogP contribution in [0.5, 0.6) is 0 Å². The second-order valence-corrected chi connectivity index (χ2v) is 14.3. The maximum Gasteiger partial charge on any atom is -0.0195 e. The van der Waals surface area contributed by atoms with Gasteiger partial charge in [-0.2, -0.15) is 0 Å². The second-order valence-electron chi connectivity index (χ2n) is 8.10. The molecule has 0 atom stereocenters. The summed E-state index contributed by atoms with van der Waals surface area (Å²) in [7, 11) is 0.605. The molecule has 0 nitrogen and oxygen atoms in total. The van der Waals surface area contributed by atoms with Gasteiger partial charge in [-0.25, -0.2) is 0 Å². The summed E-state index contributed by atoms with van der Waals surface area (Å²) in [6.07, 6.45) is 8.01. The number of rotatable bonds is 12. The van der Waals surface area contributed by atoms with Crippen molar-refractivity contribution in [2.75, 3.05) is 24.6 Å². The fraction of sp³-hybridized carbons (Fsp3) is 0.200. The van der Waals surface area contributed by atoms with Crippen LogP contribution in [-0.4, -0.2) is 24.6 Å². The molecule has 0 unspecified atom stereocenters. The molecule has 0 heterocycles. The van der Waals surface area contributed by atoms with Crippen molar-refractivity contribution < 1.29 is 0 Å². The van der Waals surface area contributed by atoms with Crippen LogP contribution in [0.15, 0.2) is 121 Å². The molecule has 0 radical (unpaired) electrons. The maximum atomic E-state index is 2.32. The number of hydrogen-bond acceptors (Lipinski definition) is 0. The molecular formula is C30H33P3. The zero-order valence-corrected chi connectivity index (χ0v) is 22.0. The Labute approximate surface area is 204 Å². The van der Waals surface area contributed by atoms with Crippen LogP contribution in [0.2, 0.25) is 0 Å². The Morgan fingerprint density at radius 1 is 0.394 bits per heavy atom. The highest BCUT2D eigenvalue weighted by atomic mass is 31.1. The Balaban J connectivity index is 1.25. The lowest BCUT2D eigenvalue weighted by atomic mass is 10.4. The zero-order chi connectivity index (χ0) is 22.6. The first-order valence-corrected chi connectivity index (χ1v) is 16.3. The Bertz CT molecular complexity index is 871. The Kier molecular flexibility index (Phi) is 10.1. The Morgan fingerprint density at radius 3 is 0.939 bits per heavy atom. The minimum atomic E-state index is -0.239. The number of hydrogen-bond donors (Lipinski definition) is 0. The lowest BCUT2D eigenvalue weighted by Crippen LogP contribution is -2.14. The van der Waals surface area contributed by atoms with Gasteiger partial charge >= 0.3 is 0 Å². The Morgan fingerprint density at radius 2 is 0.667 bits per heavy atom. The summed E-state index contributed by atoms with van der Waals surface area (Å²) in [4.78, 5) is 0. The first-order chi connectivity index (χ1) is 16.4. The minimum absolute atomic E-state index is 0.239. The van der Waals surface area contributed by atoms with E-state index >= 15 is 0 Å². The smallest absolute Gasteiger partial charge is 0.0195 e. The van der Waals surface area contributed by atoms with E-state index in [1.807, 2.05) is 0 Å². The van der Waals surface area contributed by atoms with E-state index in [-0.39, 0.29) is 15.8 Å². The summed E-state index contributed by atoms with van der Waals surface area (Å²) in [5.41, 5.74) is 0. The van der Waals surface area contributed by atoms with Crippen LogP contribution in [0.1, 0.15) is 12.8 Å². The van der Waals surface area contributed by atoms with Gasteiger partial charge in [0.25, 0.3) is 0 Å². The van der Waals surface area contributed by atoms with Crippen molar-refractivity contribution in [3.05, 3.63) is 121 Å². The lowest BCUT2D eigenvalue weighted by Gasteiger charge is -2.19. The first kappa shape index (κ1) is 24.3. The van der Waals surface area contributed by atoms with Crippen LogP contribution >= 0.6 is 24.4 Å². The van der Waals surface area contributed by atoms with Gasteiger partial charge in [0.05, 0.1) is 0 Å².